The van der Waals surface area contributed by atoms with Crippen LogP contribution in [0.3, 0.4) is 0 Å². The van der Waals surface area contributed by atoms with Gasteiger partial charge in [-0.2, -0.15) is 0 Å². The molecule has 39 heavy (non-hydrogen) atoms. The van der Waals surface area contributed by atoms with E-state index in [-0.39, 0.29) is 19.0 Å². The zero-order valence-corrected chi connectivity index (χ0v) is 23.5. The molecular weight excluding hydrogens is 517 g/mol. The van der Waals surface area contributed by atoms with Crippen LogP contribution < -0.4 is 9.46 Å². The first-order valence-corrected chi connectivity index (χ1v) is 14.1. The number of alkyl halides is 1. The molecule has 3 aromatic carbocycles. The normalized spacial score (nSPS) is 13.3. The fourth-order valence-corrected chi connectivity index (χ4v) is 4.99. The first-order chi connectivity index (χ1) is 18.7. The van der Waals surface area contributed by atoms with Gasteiger partial charge in [0.1, 0.15) is 24.6 Å². The van der Waals surface area contributed by atoms with Gasteiger partial charge in [-0.3, -0.25) is 4.79 Å². The summed E-state index contributed by atoms with van der Waals surface area (Å²) in [5.74, 6) is 0.313. The van der Waals surface area contributed by atoms with Crippen LogP contribution in [0.15, 0.2) is 77.4 Å². The monoisotopic (exact) mass is 551 g/mol. The predicted octanol–water partition coefficient (Wildman–Crippen LogP) is 6.85. The summed E-state index contributed by atoms with van der Waals surface area (Å²) in [5, 5.41) is 0.908. The minimum Gasteiger partial charge on any atom is -0.489 e. The van der Waals surface area contributed by atoms with Gasteiger partial charge in [0.2, 0.25) is 0 Å². The lowest BCUT2D eigenvalue weighted by Gasteiger charge is -2.23. The lowest BCUT2D eigenvalue weighted by molar-refractivity contribution is -0.142. The highest BCUT2D eigenvalue weighted by Gasteiger charge is 2.24. The van der Waals surface area contributed by atoms with Crippen molar-refractivity contribution in [2.24, 2.45) is 0 Å². The van der Waals surface area contributed by atoms with Gasteiger partial charge < -0.3 is 13.9 Å². The highest BCUT2D eigenvalue weighted by atomic mass is 32.2. The fourth-order valence-electron chi connectivity index (χ4n) is 4.18. The van der Waals surface area contributed by atoms with E-state index in [4.69, 9.17) is 13.9 Å². The predicted molar refractivity (Wildman–Crippen MR) is 153 cm³/mol. The molecule has 8 heteroatoms. The quantitative estimate of drug-likeness (QED) is 0.206. The van der Waals surface area contributed by atoms with E-state index in [1.54, 1.807) is 13.2 Å². The van der Waals surface area contributed by atoms with Crippen molar-refractivity contribution in [3.63, 3.8) is 0 Å². The van der Waals surface area contributed by atoms with E-state index in [9.17, 15) is 13.4 Å². The highest BCUT2D eigenvalue weighted by Crippen LogP contribution is 2.33. The molecule has 1 heterocycles. The van der Waals surface area contributed by atoms with Crippen LogP contribution in [0.2, 0.25) is 0 Å². The molecule has 4 rings (SSSR count). The fraction of sp³-hybridized carbons (Fsp3) is 0.323. The molecule has 0 amide bonds. The Labute approximate surface area is 231 Å². The van der Waals surface area contributed by atoms with Crippen molar-refractivity contribution in [3.8, 4) is 16.9 Å². The smallest absolute Gasteiger partial charge is 0.310 e. The van der Waals surface area contributed by atoms with Crippen LogP contribution >= 0.6 is 0 Å². The lowest BCUT2D eigenvalue weighted by Crippen LogP contribution is -2.36. The average Bonchev–Trinajstić information content (AvgIpc) is 3.39. The third-order valence-corrected chi connectivity index (χ3v) is 7.79. The second-order valence-electron chi connectivity index (χ2n) is 10.2. The second-order valence-corrected chi connectivity index (χ2v) is 12.2. The molecule has 6 nitrogen and oxygen atoms in total. The number of hydrogen-bond acceptors (Lipinski definition) is 5. The molecule has 2 atom stereocenters. The molecule has 0 radical (unpaired) electrons. The van der Waals surface area contributed by atoms with Crippen LogP contribution in [-0.2, 0) is 33.5 Å². The molecule has 1 N–H and O–H groups in total. The zero-order chi connectivity index (χ0) is 28.0. The Morgan fingerprint density at radius 1 is 1.08 bits per heavy atom. The van der Waals surface area contributed by atoms with Crippen LogP contribution in [0, 0.1) is 0 Å². The molecular formula is C31H34FNO5S. The Kier molecular flexibility index (Phi) is 9.20. The van der Waals surface area contributed by atoms with Gasteiger partial charge in [0.05, 0.1) is 41.1 Å². The summed E-state index contributed by atoms with van der Waals surface area (Å²) in [5.41, 5.74) is 4.75. The van der Waals surface area contributed by atoms with Crippen LogP contribution in [0.5, 0.6) is 5.75 Å². The Morgan fingerprint density at radius 2 is 1.87 bits per heavy atom. The third kappa shape index (κ3) is 7.13. The molecule has 0 spiro atoms. The number of esters is 1. The van der Waals surface area contributed by atoms with Crippen molar-refractivity contribution in [3.05, 3.63) is 89.7 Å². The number of benzene rings is 3. The SMILES string of the molecule is CCOC(=O)Cc1ccccc1OCc1cc(-c2cccc(C(CF)N[S@](=O)C(C)(C)C)c2)c2occc2c1. The minimum atomic E-state index is -1.42. The Balaban J connectivity index is 1.61. The maximum atomic E-state index is 14.0. The van der Waals surface area contributed by atoms with Crippen molar-refractivity contribution in [1.82, 2.24) is 4.72 Å². The largest absolute Gasteiger partial charge is 0.489 e. The van der Waals surface area contributed by atoms with Crippen LogP contribution in [0.25, 0.3) is 22.1 Å². The first-order valence-electron chi connectivity index (χ1n) is 12.9. The molecule has 0 aliphatic heterocycles. The molecule has 1 aromatic heterocycles. The molecule has 0 saturated heterocycles. The standard InChI is InChI=1S/C31H34FNO5S/c1-5-36-29(34)18-24-9-6-7-12-28(24)38-20-21-15-25-13-14-37-30(25)26(16-21)22-10-8-11-23(17-22)27(19-32)33-39(35)31(2,3)4/h6-17,27,33H,5,18-20H2,1-4H3/t27?,39-/m1/s1. The number of halogens is 1. The summed E-state index contributed by atoms with van der Waals surface area (Å²) < 4.78 is 46.1. The van der Waals surface area contributed by atoms with Crippen molar-refractivity contribution < 1.29 is 27.3 Å². The minimum absolute atomic E-state index is 0.132. The van der Waals surface area contributed by atoms with Crippen LogP contribution in [0.1, 0.15) is 50.4 Å². The molecule has 206 valence electrons. The first kappa shape index (κ1) is 28.5. The van der Waals surface area contributed by atoms with E-state index < -0.39 is 28.4 Å². The number of carbonyl (C=O) groups excluding carboxylic acids is 1. The Hall–Kier alpha value is -3.49. The maximum absolute atomic E-state index is 14.0. The zero-order valence-electron chi connectivity index (χ0n) is 22.7. The van der Waals surface area contributed by atoms with Crippen LogP contribution in [-0.4, -0.2) is 28.2 Å². The molecule has 0 aliphatic carbocycles. The topological polar surface area (TPSA) is 77.8 Å². The number of nitrogens with one attached hydrogen (secondary N) is 1. The number of para-hydroxylation sites is 1. The number of carbonyl (C=O) groups is 1. The van der Waals surface area contributed by atoms with Gasteiger partial charge in [-0.25, -0.2) is 13.3 Å². The molecule has 4 aromatic rings. The van der Waals surface area contributed by atoms with Crippen molar-refractivity contribution >= 4 is 27.9 Å². The van der Waals surface area contributed by atoms with Gasteiger partial charge in [-0.05, 0) is 74.7 Å². The number of fused-ring (bicyclic) bond motifs is 1. The van der Waals surface area contributed by atoms with E-state index in [2.05, 4.69) is 4.72 Å². The van der Waals surface area contributed by atoms with E-state index >= 15 is 0 Å². The Morgan fingerprint density at radius 3 is 2.62 bits per heavy atom. The van der Waals surface area contributed by atoms with Gasteiger partial charge in [-0.15, -0.1) is 0 Å². The van der Waals surface area contributed by atoms with E-state index in [0.717, 1.165) is 27.6 Å². The third-order valence-electron chi connectivity index (χ3n) is 6.18. The summed E-state index contributed by atoms with van der Waals surface area (Å²) in [7, 11) is -1.42. The van der Waals surface area contributed by atoms with Gasteiger partial charge in [-0.1, -0.05) is 36.4 Å². The van der Waals surface area contributed by atoms with Gasteiger partial charge in [0, 0.05) is 16.5 Å². The lowest BCUT2D eigenvalue weighted by atomic mass is 9.97. The van der Waals surface area contributed by atoms with E-state index in [1.165, 1.54) is 0 Å². The van der Waals surface area contributed by atoms with Gasteiger partial charge >= 0.3 is 5.97 Å². The number of hydrogen-bond donors (Lipinski definition) is 1. The van der Waals surface area contributed by atoms with E-state index in [0.29, 0.717) is 23.5 Å². The molecule has 0 saturated carbocycles. The van der Waals surface area contributed by atoms with Gasteiger partial charge in [0.25, 0.3) is 0 Å². The van der Waals surface area contributed by atoms with Crippen LogP contribution in [0.4, 0.5) is 4.39 Å². The van der Waals surface area contributed by atoms with Gasteiger partial charge in [0.15, 0.2) is 0 Å². The van der Waals surface area contributed by atoms with Crippen molar-refractivity contribution in [1.29, 1.82) is 0 Å². The molecule has 0 fully saturated rings. The number of furan rings is 1. The molecule has 1 unspecified atom stereocenters. The second kappa shape index (κ2) is 12.6. The number of ether oxygens (including phenoxy) is 2. The summed E-state index contributed by atoms with van der Waals surface area (Å²) in [6.07, 6.45) is 1.77. The summed E-state index contributed by atoms with van der Waals surface area (Å²) >= 11 is 0. The Bertz CT molecular complexity index is 1460. The van der Waals surface area contributed by atoms with Crippen molar-refractivity contribution in [2.45, 2.75) is 51.5 Å². The molecule has 0 aliphatic rings. The molecule has 0 bridgehead atoms. The van der Waals surface area contributed by atoms with Crippen molar-refractivity contribution in [2.75, 3.05) is 13.3 Å². The summed E-state index contributed by atoms with van der Waals surface area (Å²) in [6.45, 7) is 7.22. The highest BCUT2D eigenvalue weighted by molar-refractivity contribution is 7.84. The summed E-state index contributed by atoms with van der Waals surface area (Å²) in [6, 6.07) is 20.1. The average molecular weight is 552 g/mol. The van der Waals surface area contributed by atoms with E-state index in [1.807, 2.05) is 87.5 Å². The maximum Gasteiger partial charge on any atom is 0.310 e. The number of rotatable bonds is 11. The summed E-state index contributed by atoms with van der Waals surface area (Å²) in [4.78, 5) is 12.0.